The fourth-order valence-corrected chi connectivity index (χ4v) is 2.25. The lowest BCUT2D eigenvalue weighted by molar-refractivity contribution is 0.0526. The van der Waals surface area contributed by atoms with Crippen LogP contribution in [0.25, 0.3) is 22.2 Å². The molecule has 0 saturated carbocycles. The summed E-state index contributed by atoms with van der Waals surface area (Å²) < 4.78 is 5.02. The first-order valence-electron chi connectivity index (χ1n) is 6.63. The number of hydrogen-bond donors (Lipinski definition) is 1. The van der Waals surface area contributed by atoms with Crippen molar-refractivity contribution in [2.24, 2.45) is 0 Å². The van der Waals surface area contributed by atoms with E-state index in [2.05, 4.69) is 17.1 Å². The summed E-state index contributed by atoms with van der Waals surface area (Å²) in [5, 5.41) is 1.01. The van der Waals surface area contributed by atoms with Gasteiger partial charge in [-0.05, 0) is 36.8 Å². The second-order valence-electron chi connectivity index (χ2n) is 4.57. The van der Waals surface area contributed by atoms with Crippen LogP contribution in [0.3, 0.4) is 0 Å². The molecule has 3 rings (SSSR count). The SMILES string of the molecule is CCOC(=O)c1ccc2[nH]c(-c3ccccc3)cc2c1. The Balaban J connectivity index is 2.02. The Kier molecular flexibility index (Phi) is 3.25. The molecular formula is C17H15NO2. The van der Waals surface area contributed by atoms with Crippen molar-refractivity contribution in [3.63, 3.8) is 0 Å². The highest BCUT2D eigenvalue weighted by molar-refractivity contribution is 5.96. The van der Waals surface area contributed by atoms with Crippen LogP contribution in [0.15, 0.2) is 54.6 Å². The molecule has 0 saturated heterocycles. The standard InChI is InChI=1S/C17H15NO2/c1-2-20-17(19)13-8-9-15-14(10-13)11-16(18-15)12-6-4-3-5-7-12/h3-11,18H,2H2,1H3. The number of H-pyrrole nitrogens is 1. The quantitative estimate of drug-likeness (QED) is 0.727. The van der Waals surface area contributed by atoms with E-state index in [1.807, 2.05) is 36.4 Å². The molecule has 0 bridgehead atoms. The van der Waals surface area contributed by atoms with Gasteiger partial charge >= 0.3 is 5.97 Å². The molecule has 0 spiro atoms. The van der Waals surface area contributed by atoms with Gasteiger partial charge in [-0.1, -0.05) is 30.3 Å². The van der Waals surface area contributed by atoms with Crippen LogP contribution in [-0.2, 0) is 4.74 Å². The summed E-state index contributed by atoms with van der Waals surface area (Å²) in [6.45, 7) is 2.19. The number of hydrogen-bond acceptors (Lipinski definition) is 2. The summed E-state index contributed by atoms with van der Waals surface area (Å²) in [7, 11) is 0. The van der Waals surface area contributed by atoms with Crippen LogP contribution in [0.2, 0.25) is 0 Å². The van der Waals surface area contributed by atoms with Crippen molar-refractivity contribution in [3.05, 3.63) is 60.2 Å². The monoisotopic (exact) mass is 265 g/mol. The molecule has 0 unspecified atom stereocenters. The molecule has 0 fully saturated rings. The van der Waals surface area contributed by atoms with Gasteiger partial charge in [-0.3, -0.25) is 0 Å². The fraction of sp³-hybridized carbons (Fsp3) is 0.118. The molecule has 0 aliphatic carbocycles. The Labute approximate surface area is 117 Å². The molecule has 0 atom stereocenters. The Morgan fingerprint density at radius 1 is 1.10 bits per heavy atom. The van der Waals surface area contributed by atoms with Crippen molar-refractivity contribution in [2.45, 2.75) is 6.92 Å². The summed E-state index contributed by atoms with van der Waals surface area (Å²) >= 11 is 0. The minimum atomic E-state index is -0.281. The number of carbonyl (C=O) groups excluding carboxylic acids is 1. The average molecular weight is 265 g/mol. The zero-order valence-electron chi connectivity index (χ0n) is 11.2. The maximum absolute atomic E-state index is 11.7. The van der Waals surface area contributed by atoms with Crippen LogP contribution < -0.4 is 0 Å². The largest absolute Gasteiger partial charge is 0.462 e. The van der Waals surface area contributed by atoms with Crippen molar-refractivity contribution < 1.29 is 9.53 Å². The molecule has 1 heterocycles. The second-order valence-corrected chi connectivity index (χ2v) is 4.57. The number of aromatic nitrogens is 1. The molecule has 0 aliphatic heterocycles. The van der Waals surface area contributed by atoms with Crippen molar-refractivity contribution in [1.82, 2.24) is 4.98 Å². The summed E-state index contributed by atoms with van der Waals surface area (Å²) in [6, 6.07) is 17.7. The predicted octanol–water partition coefficient (Wildman–Crippen LogP) is 4.01. The molecule has 1 aromatic heterocycles. The van der Waals surface area contributed by atoms with E-state index in [9.17, 15) is 4.79 Å². The van der Waals surface area contributed by atoms with Crippen LogP contribution in [0.1, 0.15) is 17.3 Å². The van der Waals surface area contributed by atoms with Gasteiger partial charge in [0.2, 0.25) is 0 Å². The molecule has 3 heteroatoms. The van der Waals surface area contributed by atoms with Crippen molar-refractivity contribution >= 4 is 16.9 Å². The molecule has 100 valence electrons. The maximum atomic E-state index is 11.7. The molecule has 0 amide bonds. The highest BCUT2D eigenvalue weighted by atomic mass is 16.5. The van der Waals surface area contributed by atoms with Gasteiger partial charge in [0.1, 0.15) is 0 Å². The maximum Gasteiger partial charge on any atom is 0.338 e. The van der Waals surface area contributed by atoms with Crippen LogP contribution in [-0.4, -0.2) is 17.6 Å². The highest BCUT2D eigenvalue weighted by Gasteiger charge is 2.09. The molecule has 1 N–H and O–H groups in total. The van der Waals surface area contributed by atoms with E-state index in [-0.39, 0.29) is 5.97 Å². The van der Waals surface area contributed by atoms with E-state index in [4.69, 9.17) is 4.74 Å². The number of esters is 1. The van der Waals surface area contributed by atoms with Gasteiger partial charge < -0.3 is 9.72 Å². The Morgan fingerprint density at radius 3 is 2.65 bits per heavy atom. The lowest BCUT2D eigenvalue weighted by Crippen LogP contribution is -2.03. The van der Waals surface area contributed by atoms with Gasteiger partial charge in [-0.2, -0.15) is 0 Å². The minimum absolute atomic E-state index is 0.281. The van der Waals surface area contributed by atoms with E-state index < -0.39 is 0 Å². The Bertz CT molecular complexity index is 744. The molecule has 3 nitrogen and oxygen atoms in total. The first-order chi connectivity index (χ1) is 9.78. The zero-order chi connectivity index (χ0) is 13.9. The third-order valence-corrected chi connectivity index (χ3v) is 3.22. The fourth-order valence-electron chi connectivity index (χ4n) is 2.25. The van der Waals surface area contributed by atoms with E-state index in [1.165, 1.54) is 0 Å². The number of aromatic amines is 1. The summed E-state index contributed by atoms with van der Waals surface area (Å²) in [6.07, 6.45) is 0. The van der Waals surface area contributed by atoms with Gasteiger partial charge in [0, 0.05) is 16.6 Å². The van der Waals surface area contributed by atoms with E-state index in [1.54, 1.807) is 13.0 Å². The normalized spacial score (nSPS) is 10.7. The number of carbonyl (C=O) groups is 1. The number of ether oxygens (including phenoxy) is 1. The number of benzene rings is 2. The summed E-state index contributed by atoms with van der Waals surface area (Å²) in [4.78, 5) is 15.1. The minimum Gasteiger partial charge on any atom is -0.462 e. The predicted molar refractivity (Wildman–Crippen MR) is 79.7 cm³/mol. The first-order valence-corrected chi connectivity index (χ1v) is 6.63. The first kappa shape index (κ1) is 12.5. The molecule has 20 heavy (non-hydrogen) atoms. The average Bonchev–Trinajstić information content (AvgIpc) is 2.91. The van der Waals surface area contributed by atoms with Gasteiger partial charge in [0.05, 0.1) is 12.2 Å². The second kappa shape index (κ2) is 5.21. The van der Waals surface area contributed by atoms with Crippen LogP contribution in [0, 0.1) is 0 Å². The Morgan fingerprint density at radius 2 is 1.90 bits per heavy atom. The van der Waals surface area contributed by atoms with Crippen LogP contribution in [0.5, 0.6) is 0 Å². The van der Waals surface area contributed by atoms with Crippen LogP contribution >= 0.6 is 0 Å². The third kappa shape index (κ3) is 2.30. The van der Waals surface area contributed by atoms with E-state index >= 15 is 0 Å². The summed E-state index contributed by atoms with van der Waals surface area (Å²) in [5.41, 5.74) is 3.76. The molecule has 0 aliphatic rings. The zero-order valence-corrected chi connectivity index (χ0v) is 11.2. The topological polar surface area (TPSA) is 42.1 Å². The Hall–Kier alpha value is -2.55. The van der Waals surface area contributed by atoms with Crippen LogP contribution in [0.4, 0.5) is 0 Å². The smallest absolute Gasteiger partial charge is 0.338 e. The van der Waals surface area contributed by atoms with Gasteiger partial charge in [-0.25, -0.2) is 4.79 Å². The third-order valence-electron chi connectivity index (χ3n) is 3.22. The molecule has 2 aromatic carbocycles. The lowest BCUT2D eigenvalue weighted by atomic mass is 10.1. The lowest BCUT2D eigenvalue weighted by Gasteiger charge is -2.00. The van der Waals surface area contributed by atoms with E-state index in [0.717, 1.165) is 22.2 Å². The van der Waals surface area contributed by atoms with Gasteiger partial charge in [0.25, 0.3) is 0 Å². The molecule has 0 radical (unpaired) electrons. The van der Waals surface area contributed by atoms with Crippen molar-refractivity contribution in [2.75, 3.05) is 6.61 Å². The molecular weight excluding hydrogens is 250 g/mol. The van der Waals surface area contributed by atoms with Crippen molar-refractivity contribution in [3.8, 4) is 11.3 Å². The van der Waals surface area contributed by atoms with Gasteiger partial charge in [-0.15, -0.1) is 0 Å². The number of rotatable bonds is 3. The van der Waals surface area contributed by atoms with E-state index in [0.29, 0.717) is 12.2 Å². The number of nitrogens with one attached hydrogen (secondary N) is 1. The molecule has 3 aromatic rings. The highest BCUT2D eigenvalue weighted by Crippen LogP contribution is 2.24. The summed E-state index contributed by atoms with van der Waals surface area (Å²) in [5.74, 6) is -0.281. The van der Waals surface area contributed by atoms with Crippen molar-refractivity contribution in [1.29, 1.82) is 0 Å². The number of fused-ring (bicyclic) bond motifs is 1. The van der Waals surface area contributed by atoms with Gasteiger partial charge in [0.15, 0.2) is 0 Å².